The van der Waals surface area contributed by atoms with E-state index in [-0.39, 0.29) is 36.8 Å². The van der Waals surface area contributed by atoms with Crippen molar-refractivity contribution in [3.05, 3.63) is 173 Å². The summed E-state index contributed by atoms with van der Waals surface area (Å²) in [6, 6.07) is 40.1. The van der Waals surface area contributed by atoms with Gasteiger partial charge in [0, 0.05) is 52.3 Å². The van der Waals surface area contributed by atoms with Gasteiger partial charge in [0.25, 0.3) is 17.7 Å². The van der Waals surface area contributed by atoms with Gasteiger partial charge in [0.05, 0.1) is 36.6 Å². The molecule has 1 saturated heterocycles. The quantitative estimate of drug-likeness (QED) is 0.0787. The van der Waals surface area contributed by atoms with Gasteiger partial charge in [-0.15, -0.1) is 5.10 Å². The van der Waals surface area contributed by atoms with Gasteiger partial charge >= 0.3 is 0 Å². The van der Waals surface area contributed by atoms with Crippen LogP contribution in [0.3, 0.4) is 0 Å². The number of nitrogens with zero attached hydrogens (tertiary/aromatic N) is 4. The van der Waals surface area contributed by atoms with Crippen molar-refractivity contribution in [2.45, 2.75) is 62.7 Å². The molecule has 0 aliphatic carbocycles. The number of aliphatic hydroxyl groups excluding tert-OH is 1. The van der Waals surface area contributed by atoms with Crippen LogP contribution in [0.2, 0.25) is 18.6 Å². The number of aromatic nitrogens is 3. The first-order valence-electron chi connectivity index (χ1n) is 20.2. The molecule has 1 fully saturated rings. The Morgan fingerprint density at radius 3 is 2.08 bits per heavy atom. The highest BCUT2D eigenvalue weighted by atomic mass is 28.4. The number of amides is 3. The molecule has 2 aliphatic rings. The van der Waals surface area contributed by atoms with Gasteiger partial charge in [-0.05, 0) is 85.2 Å². The predicted molar refractivity (Wildman–Crippen MR) is 231 cm³/mol. The van der Waals surface area contributed by atoms with E-state index in [0.29, 0.717) is 52.4 Å². The van der Waals surface area contributed by atoms with Gasteiger partial charge in [-0.25, -0.2) is 0 Å². The summed E-state index contributed by atoms with van der Waals surface area (Å²) >= 11 is 0. The minimum atomic E-state index is -3.51. The maximum absolute atomic E-state index is 16.7. The summed E-state index contributed by atoms with van der Waals surface area (Å²) in [6.45, 7) is 5.57. The molecule has 3 amide bonds. The summed E-state index contributed by atoms with van der Waals surface area (Å²) < 4.78 is 25.5. The van der Waals surface area contributed by atoms with Crippen molar-refractivity contribution in [1.29, 1.82) is 0 Å². The Labute approximate surface area is 349 Å². The number of ether oxygens (including phenoxy) is 1. The standard InChI is InChI=1S/C47H47FN6O5Si/c1-31-43(60(2,3)48)42(24-25-53-29-40(51-52-53)38(30-55)33-15-7-4-8-16-33)59-47(31)39-27-37(50-45(57)35-19-11-6-12-20-35)22-23-41(39)54(46(47)58)28-32-14-13-21-36(26-32)49-44(56)34-17-9-5-10-18-34/h4-23,26-27,29,31,38,42-43,55H,24-25,28,30H2,1-3H3,(H,49,56)(H,50,57)/t31-,38?,42+,43-,47+/m0/s1. The van der Waals surface area contributed by atoms with E-state index in [1.165, 1.54) is 0 Å². The van der Waals surface area contributed by atoms with Crippen molar-refractivity contribution in [1.82, 2.24) is 15.0 Å². The number of halogens is 1. The molecule has 2 aliphatic heterocycles. The molecule has 306 valence electrons. The third-order valence-corrected chi connectivity index (χ3v) is 14.2. The minimum absolute atomic E-state index is 0.142. The van der Waals surface area contributed by atoms with Crippen molar-refractivity contribution in [3.63, 3.8) is 0 Å². The highest BCUT2D eigenvalue weighted by Gasteiger charge is 2.66. The van der Waals surface area contributed by atoms with E-state index < -0.39 is 31.6 Å². The van der Waals surface area contributed by atoms with Crippen LogP contribution in [0.25, 0.3) is 0 Å². The maximum atomic E-state index is 16.7. The van der Waals surface area contributed by atoms with Crippen molar-refractivity contribution >= 4 is 43.2 Å². The van der Waals surface area contributed by atoms with Gasteiger partial charge in [-0.1, -0.05) is 91.0 Å². The molecule has 1 aromatic heterocycles. The van der Waals surface area contributed by atoms with Gasteiger partial charge in [-0.3, -0.25) is 19.1 Å². The van der Waals surface area contributed by atoms with Crippen molar-refractivity contribution in [3.8, 4) is 0 Å². The number of aliphatic hydroxyl groups is 1. The van der Waals surface area contributed by atoms with E-state index in [9.17, 15) is 14.7 Å². The van der Waals surface area contributed by atoms with Gasteiger partial charge in [0.1, 0.15) is 0 Å². The largest absolute Gasteiger partial charge is 0.395 e. The van der Waals surface area contributed by atoms with Crippen LogP contribution in [0.1, 0.15) is 62.4 Å². The zero-order valence-electron chi connectivity index (χ0n) is 33.7. The summed E-state index contributed by atoms with van der Waals surface area (Å²) in [5.74, 6) is -1.82. The molecule has 0 radical (unpaired) electrons. The summed E-state index contributed by atoms with van der Waals surface area (Å²) in [5, 5.41) is 24.9. The number of aryl methyl sites for hydroxylation is 1. The average molecular weight is 823 g/mol. The lowest BCUT2D eigenvalue weighted by Gasteiger charge is -2.31. The molecule has 13 heteroatoms. The van der Waals surface area contributed by atoms with Gasteiger partial charge in [0.2, 0.25) is 8.41 Å². The number of rotatable bonds is 13. The lowest BCUT2D eigenvalue weighted by atomic mass is 9.82. The fraction of sp³-hybridized carbons (Fsp3) is 0.255. The molecular formula is C47H47FN6O5Si. The predicted octanol–water partition coefficient (Wildman–Crippen LogP) is 8.32. The number of anilines is 3. The molecule has 8 rings (SSSR count). The summed E-state index contributed by atoms with van der Waals surface area (Å²) in [4.78, 5) is 43.2. The monoisotopic (exact) mass is 822 g/mol. The van der Waals surface area contributed by atoms with Crippen LogP contribution in [-0.4, -0.2) is 58.9 Å². The third-order valence-electron chi connectivity index (χ3n) is 11.8. The Bertz CT molecular complexity index is 2500. The molecule has 3 N–H and O–H groups in total. The minimum Gasteiger partial charge on any atom is -0.395 e. The van der Waals surface area contributed by atoms with Gasteiger partial charge in [0.15, 0.2) is 5.60 Å². The number of carbonyl (C=O) groups excluding carboxylic acids is 3. The molecule has 6 aromatic rings. The molecule has 5 aromatic carbocycles. The Morgan fingerprint density at radius 2 is 1.47 bits per heavy atom. The first-order valence-corrected chi connectivity index (χ1v) is 23.1. The van der Waals surface area contributed by atoms with E-state index in [1.54, 1.807) is 102 Å². The molecular weight excluding hydrogens is 776 g/mol. The van der Waals surface area contributed by atoms with Gasteiger partial charge < -0.3 is 29.5 Å². The van der Waals surface area contributed by atoms with E-state index >= 15 is 8.90 Å². The van der Waals surface area contributed by atoms with E-state index in [4.69, 9.17) is 4.74 Å². The molecule has 1 spiro atoms. The summed E-state index contributed by atoms with van der Waals surface area (Å²) in [6.07, 6.45) is 1.49. The summed E-state index contributed by atoms with van der Waals surface area (Å²) in [5.41, 5.74) is 3.35. The Kier molecular flexibility index (Phi) is 11.3. The molecule has 5 atom stereocenters. The highest BCUT2D eigenvalue weighted by molar-refractivity contribution is 6.72. The van der Waals surface area contributed by atoms with E-state index in [2.05, 4.69) is 20.9 Å². The Hall–Kier alpha value is -6.28. The molecule has 0 saturated carbocycles. The fourth-order valence-corrected chi connectivity index (χ4v) is 11.5. The second kappa shape index (κ2) is 16.8. The number of carbonyl (C=O) groups is 3. The number of fused-ring (bicyclic) bond motifs is 2. The summed E-state index contributed by atoms with van der Waals surface area (Å²) in [7, 11) is -3.51. The normalized spacial score (nSPS) is 20.2. The Morgan fingerprint density at radius 1 is 0.850 bits per heavy atom. The molecule has 60 heavy (non-hydrogen) atoms. The third kappa shape index (κ3) is 7.91. The first-order chi connectivity index (χ1) is 29.0. The Balaban J connectivity index is 1.11. The van der Waals surface area contributed by atoms with Crippen molar-refractivity contribution in [2.75, 3.05) is 22.1 Å². The van der Waals surface area contributed by atoms with Crippen LogP contribution in [0.15, 0.2) is 140 Å². The van der Waals surface area contributed by atoms with Crippen LogP contribution in [0.4, 0.5) is 21.2 Å². The van der Waals surface area contributed by atoms with Crippen LogP contribution in [0.5, 0.6) is 0 Å². The second-order valence-corrected chi connectivity index (χ2v) is 19.9. The number of hydrogen-bond acceptors (Lipinski definition) is 7. The van der Waals surface area contributed by atoms with E-state index in [1.807, 2.05) is 67.6 Å². The second-order valence-electron chi connectivity index (χ2n) is 16.1. The van der Waals surface area contributed by atoms with Gasteiger partial charge in [-0.2, -0.15) is 0 Å². The number of nitrogens with one attached hydrogen (secondary N) is 2. The van der Waals surface area contributed by atoms with Crippen LogP contribution in [-0.2, 0) is 28.2 Å². The molecule has 11 nitrogen and oxygen atoms in total. The number of benzene rings is 5. The average Bonchev–Trinajstić information content (AvgIpc) is 3.91. The topological polar surface area (TPSA) is 139 Å². The fourth-order valence-electron chi connectivity index (χ4n) is 8.96. The highest BCUT2D eigenvalue weighted by Crippen LogP contribution is 2.60. The zero-order valence-corrected chi connectivity index (χ0v) is 34.7. The lowest BCUT2D eigenvalue weighted by molar-refractivity contribution is -0.146. The SMILES string of the molecule is C[C@H]1[C@H]([Si](C)(C)F)[C@@H](CCn2cc(C(CO)c3ccccc3)nn2)O[C@]12C(=O)N(Cc1cccc(NC(=O)c3ccccc3)c1)c1ccc(NC(=O)c3ccccc3)cc12. The smallest absolute Gasteiger partial charge is 0.264 e. The van der Waals surface area contributed by atoms with Crippen LogP contribution in [0, 0.1) is 5.92 Å². The van der Waals surface area contributed by atoms with Crippen LogP contribution < -0.4 is 15.5 Å². The zero-order chi connectivity index (χ0) is 42.0. The molecule has 0 bridgehead atoms. The van der Waals surface area contributed by atoms with E-state index in [0.717, 1.165) is 11.1 Å². The lowest BCUT2D eigenvalue weighted by Crippen LogP contribution is -2.45. The molecule has 1 unspecified atom stereocenters. The first kappa shape index (κ1) is 40.5. The number of hydrogen-bond donors (Lipinski definition) is 3. The van der Waals surface area contributed by atoms with Crippen molar-refractivity contribution < 1.29 is 28.3 Å². The molecule has 3 heterocycles. The van der Waals surface area contributed by atoms with Crippen LogP contribution >= 0.6 is 0 Å². The maximum Gasteiger partial charge on any atom is 0.264 e. The van der Waals surface area contributed by atoms with Crippen molar-refractivity contribution in [2.24, 2.45) is 5.92 Å².